The first-order valence-electron chi connectivity index (χ1n) is 14.6. The van der Waals surface area contributed by atoms with E-state index in [-0.39, 0.29) is 54.9 Å². The molecule has 0 aliphatic heterocycles. The summed E-state index contributed by atoms with van der Waals surface area (Å²) in [5.41, 5.74) is -4.68. The van der Waals surface area contributed by atoms with Crippen molar-refractivity contribution in [2.24, 2.45) is 0 Å². The minimum absolute atomic E-state index is 0.0102. The van der Waals surface area contributed by atoms with Crippen LogP contribution >= 0.6 is 0 Å². The summed E-state index contributed by atoms with van der Waals surface area (Å²) < 4.78 is 146. The first kappa shape index (κ1) is 33.6. The number of fused-ring (bicyclic) bond motifs is 6. The number of rotatable bonds is 2. The van der Waals surface area contributed by atoms with Crippen molar-refractivity contribution in [2.45, 2.75) is 12.8 Å². The number of hydrogen-bond donors (Lipinski definition) is 0. The highest BCUT2D eigenvalue weighted by Crippen LogP contribution is 2.47. The van der Waals surface area contributed by atoms with Crippen LogP contribution in [0, 0.1) is 94.0 Å². The van der Waals surface area contributed by atoms with Crippen LogP contribution in [0.4, 0.5) is 43.9 Å². The maximum atomic E-state index is 15.2. The Kier molecular flexibility index (Phi) is 7.66. The van der Waals surface area contributed by atoms with Crippen molar-refractivity contribution in [3.8, 4) is 56.6 Å². The van der Waals surface area contributed by atoms with Crippen molar-refractivity contribution in [3.63, 3.8) is 0 Å². The topological polar surface area (TPSA) is 56.3 Å². The van der Waals surface area contributed by atoms with Crippen molar-refractivity contribution < 1.29 is 43.9 Å². The van der Waals surface area contributed by atoms with Crippen molar-refractivity contribution >= 4 is 11.4 Å². The van der Waals surface area contributed by atoms with E-state index in [1.807, 2.05) is 0 Å². The summed E-state index contributed by atoms with van der Waals surface area (Å²) in [4.78, 5) is 6.63. The maximum Gasteiger partial charge on any atom is 0.269 e. The van der Waals surface area contributed by atoms with Gasteiger partial charge in [0, 0.05) is 10.4 Å². The Bertz CT molecular complexity index is 2570. The van der Waals surface area contributed by atoms with Crippen LogP contribution in [-0.4, -0.2) is 0 Å². The van der Waals surface area contributed by atoms with E-state index in [4.69, 9.17) is 13.1 Å². The molecule has 5 aromatic rings. The zero-order valence-electron chi connectivity index (χ0n) is 25.4. The smallest absolute Gasteiger partial charge is 0.226 e. The average molecular weight is 713 g/mol. The summed E-state index contributed by atoms with van der Waals surface area (Å²) >= 11 is 0. The summed E-state index contributed by atoms with van der Waals surface area (Å²) in [6, 6.07) is 10.8. The minimum Gasteiger partial charge on any atom is -0.226 e. The zero-order valence-corrected chi connectivity index (χ0v) is 25.4. The van der Waals surface area contributed by atoms with Gasteiger partial charge in [-0.05, 0) is 68.5 Å². The van der Waals surface area contributed by atoms with Crippen LogP contribution in [0.3, 0.4) is 0 Å². The Labute approximate surface area is 285 Å². The number of benzene rings is 5. The van der Waals surface area contributed by atoms with Crippen molar-refractivity contribution in [3.05, 3.63) is 150 Å². The van der Waals surface area contributed by atoms with E-state index in [9.17, 15) is 36.9 Å². The van der Waals surface area contributed by atoms with E-state index in [2.05, 4.69) is 9.69 Å². The third-order valence-electron chi connectivity index (χ3n) is 9.17. The molecule has 4 nitrogen and oxygen atoms in total. The molecule has 0 unspecified atom stereocenters. The van der Waals surface area contributed by atoms with Gasteiger partial charge in [-0.15, -0.1) is 0 Å². The molecular formula is C38H10F10N4. The van der Waals surface area contributed by atoms with Gasteiger partial charge in [0.05, 0.1) is 36.4 Å². The van der Waals surface area contributed by atoms with E-state index in [1.165, 1.54) is 24.3 Å². The van der Waals surface area contributed by atoms with Gasteiger partial charge in [-0.2, -0.15) is 0 Å². The Hall–Kier alpha value is -6.90. The molecule has 0 radical (unpaired) electrons. The third-order valence-corrected chi connectivity index (χ3v) is 9.17. The van der Waals surface area contributed by atoms with Gasteiger partial charge in [0.25, 0.3) is 11.4 Å². The van der Waals surface area contributed by atoms with E-state index >= 15 is 17.6 Å². The van der Waals surface area contributed by atoms with Gasteiger partial charge in [0.2, 0.25) is 11.6 Å². The van der Waals surface area contributed by atoms with Gasteiger partial charge in [-0.3, -0.25) is 0 Å². The molecule has 252 valence electrons. The lowest BCUT2D eigenvalue weighted by atomic mass is 9.90. The number of nitrogens with zero attached hydrogens (tertiary/aromatic N) is 4. The van der Waals surface area contributed by atoms with Crippen LogP contribution in [0.25, 0.3) is 65.6 Å². The molecule has 0 amide bonds. The van der Waals surface area contributed by atoms with Gasteiger partial charge in [0.1, 0.15) is 0 Å². The molecule has 0 heterocycles. The van der Waals surface area contributed by atoms with Crippen LogP contribution in [0.2, 0.25) is 0 Å². The molecule has 5 aromatic carbocycles. The van der Waals surface area contributed by atoms with Crippen LogP contribution in [0.15, 0.2) is 36.4 Å². The molecule has 0 saturated heterocycles. The van der Waals surface area contributed by atoms with Gasteiger partial charge in [0.15, 0.2) is 46.5 Å². The largest absolute Gasteiger partial charge is 0.269 e. The quantitative estimate of drug-likeness (QED) is 0.0780. The Morgan fingerprint density at radius 2 is 0.712 bits per heavy atom. The third kappa shape index (κ3) is 4.31. The van der Waals surface area contributed by atoms with E-state index < -0.39 is 105 Å². The summed E-state index contributed by atoms with van der Waals surface area (Å²) in [6.45, 7) is 15.6. The summed E-state index contributed by atoms with van der Waals surface area (Å²) in [6.07, 6.45) is -0.889. The molecule has 7 rings (SSSR count). The predicted molar refractivity (Wildman–Crippen MR) is 164 cm³/mol. The fourth-order valence-corrected chi connectivity index (χ4v) is 7.13. The highest BCUT2D eigenvalue weighted by molar-refractivity contribution is 5.96. The molecule has 0 spiro atoms. The van der Waals surface area contributed by atoms with Gasteiger partial charge < -0.3 is 0 Å². The van der Waals surface area contributed by atoms with Crippen molar-refractivity contribution in [2.75, 3.05) is 0 Å². The van der Waals surface area contributed by atoms with Crippen LogP contribution in [-0.2, 0) is 12.8 Å². The normalized spacial score (nSPS) is 13.2. The molecule has 2 aliphatic carbocycles. The Morgan fingerprint density at radius 1 is 0.442 bits per heavy atom. The lowest BCUT2D eigenvalue weighted by Gasteiger charge is -2.14. The SMILES string of the molecule is [C-]#[N+]/C(C#N)=c1/c2c(/c(=C(\C#N)[N+]#[C-])c3c1-c1cccc(-c4c(F)c(F)c(F)c(F)c4F)c1C3)-c1cccc(-c3c(F)c(F)c(F)c(F)c3F)c1C2. The fourth-order valence-electron chi connectivity index (χ4n) is 7.13. The number of hydrogen-bond acceptors (Lipinski definition) is 2. The molecule has 52 heavy (non-hydrogen) atoms. The molecule has 0 bridgehead atoms. The molecule has 0 N–H and O–H groups in total. The standard InChI is InChI=1S/C38H10F10N4/c1-51-21(11-49)25-19-9-17-14(6-4-8-15(17)27-29(39)33(43)37(47)34(44)30(27)40)24(19)26(22(12-50)52-2)20-10-18-13(23(20)25)5-3-7-16(18)28-31(41)35(45)38(48)36(46)32(28)42/h3-8H,9-10H2/b25-21-,26-22+. The second-order valence-electron chi connectivity index (χ2n) is 11.5. The molecular weight excluding hydrogens is 702 g/mol. The Morgan fingerprint density at radius 3 is 0.981 bits per heavy atom. The van der Waals surface area contributed by atoms with Gasteiger partial charge in [-0.1, -0.05) is 36.4 Å². The predicted octanol–water partition coefficient (Wildman–Crippen LogP) is 8.66. The van der Waals surface area contributed by atoms with E-state index in [0.717, 1.165) is 12.1 Å². The Balaban J connectivity index is 1.65. The fraction of sp³-hybridized carbons (Fsp3) is 0.0526. The van der Waals surface area contributed by atoms with Crippen molar-refractivity contribution in [1.29, 1.82) is 10.5 Å². The summed E-state index contributed by atoms with van der Waals surface area (Å²) in [5, 5.41) is 19.9. The molecule has 14 heteroatoms. The minimum atomic E-state index is -2.39. The molecule has 0 fully saturated rings. The van der Waals surface area contributed by atoms with Crippen LogP contribution in [0.5, 0.6) is 0 Å². The zero-order chi connectivity index (χ0) is 37.5. The van der Waals surface area contributed by atoms with E-state index in [1.54, 1.807) is 12.1 Å². The molecule has 0 atom stereocenters. The number of nitriles is 2. The monoisotopic (exact) mass is 712 g/mol. The number of halogens is 10. The van der Waals surface area contributed by atoms with Crippen molar-refractivity contribution in [1.82, 2.24) is 0 Å². The molecule has 0 aromatic heterocycles. The lowest BCUT2D eigenvalue weighted by molar-refractivity contribution is 0.381. The first-order valence-corrected chi connectivity index (χ1v) is 14.6. The van der Waals surface area contributed by atoms with Crippen LogP contribution < -0.4 is 10.4 Å². The average Bonchev–Trinajstić information content (AvgIpc) is 3.73. The van der Waals surface area contributed by atoms with Gasteiger partial charge in [-0.25, -0.2) is 64.1 Å². The summed E-state index contributed by atoms with van der Waals surface area (Å²) in [5.74, 6) is -22.2. The second-order valence-corrected chi connectivity index (χ2v) is 11.5. The molecule has 0 saturated carbocycles. The van der Waals surface area contributed by atoms with E-state index in [0.29, 0.717) is 0 Å². The maximum absolute atomic E-state index is 15.2. The van der Waals surface area contributed by atoms with Crippen LogP contribution in [0.1, 0.15) is 22.3 Å². The first-order chi connectivity index (χ1) is 24.8. The highest BCUT2D eigenvalue weighted by Gasteiger charge is 2.37. The molecule has 2 aliphatic rings. The summed E-state index contributed by atoms with van der Waals surface area (Å²) in [7, 11) is 0. The second kappa shape index (κ2) is 11.9. The highest BCUT2D eigenvalue weighted by atomic mass is 19.2. The van der Waals surface area contributed by atoms with Gasteiger partial charge >= 0.3 is 0 Å². The lowest BCUT2D eigenvalue weighted by Crippen LogP contribution is -2.25.